The molecule has 13 heavy (non-hydrogen) atoms. The molecule has 1 aliphatic carbocycles. The number of fused-ring (bicyclic) bond motifs is 1. The number of hydrogen-bond donors (Lipinski definition) is 0. The Morgan fingerprint density at radius 2 is 2.08 bits per heavy atom. The van der Waals surface area contributed by atoms with Crippen LogP contribution < -0.4 is 0 Å². The van der Waals surface area contributed by atoms with Gasteiger partial charge in [-0.05, 0) is 23.6 Å². The van der Waals surface area contributed by atoms with Crippen molar-refractivity contribution in [1.82, 2.24) is 0 Å². The molecule has 1 aromatic carbocycles. The minimum absolute atomic E-state index is 0.185. The van der Waals surface area contributed by atoms with Gasteiger partial charge >= 0.3 is 0 Å². The summed E-state index contributed by atoms with van der Waals surface area (Å²) in [5.41, 5.74) is 1.68. The van der Waals surface area contributed by atoms with Crippen LogP contribution in [0.25, 0.3) is 0 Å². The summed E-state index contributed by atoms with van der Waals surface area (Å²) in [5.74, 6) is -0.190. The van der Waals surface area contributed by atoms with E-state index < -0.39 is 5.82 Å². The largest absolute Gasteiger partial charge is 0.299 e. The van der Waals surface area contributed by atoms with E-state index in [-0.39, 0.29) is 10.8 Å². The van der Waals surface area contributed by atoms with Gasteiger partial charge in [-0.25, -0.2) is 4.39 Å². The van der Waals surface area contributed by atoms with Crippen LogP contribution in [0.15, 0.2) is 12.1 Å². The van der Waals surface area contributed by atoms with Gasteiger partial charge in [-0.3, -0.25) is 4.79 Å². The number of benzene rings is 1. The molecule has 0 aromatic heterocycles. The van der Waals surface area contributed by atoms with Crippen LogP contribution in [0.5, 0.6) is 0 Å². The van der Waals surface area contributed by atoms with Gasteiger partial charge in [0.2, 0.25) is 0 Å². The quantitative estimate of drug-likeness (QED) is 0.626. The second kappa shape index (κ2) is 3.11. The van der Waals surface area contributed by atoms with E-state index in [1.165, 1.54) is 6.07 Å². The van der Waals surface area contributed by atoms with Gasteiger partial charge in [0, 0.05) is 12.8 Å². The van der Waals surface area contributed by atoms with E-state index in [0.29, 0.717) is 19.3 Å². The summed E-state index contributed by atoms with van der Waals surface area (Å²) < 4.78 is 13.0. The Morgan fingerprint density at radius 1 is 1.31 bits per heavy atom. The topological polar surface area (TPSA) is 17.1 Å². The number of carbonyl (C=O) groups excluding carboxylic acids is 1. The number of Topliss-reactive ketones (excluding diaryl/α,β-unsaturated/α-hetero) is 1. The molecule has 1 aliphatic rings. The molecule has 0 radical (unpaired) electrons. The maximum atomic E-state index is 13.0. The predicted molar refractivity (Wildman–Crippen MR) is 48.4 cm³/mol. The molecule has 0 spiro atoms. The van der Waals surface area contributed by atoms with Crippen LogP contribution in [0.2, 0.25) is 5.02 Å². The fourth-order valence-electron chi connectivity index (χ4n) is 1.63. The van der Waals surface area contributed by atoms with E-state index in [0.717, 1.165) is 11.1 Å². The summed E-state index contributed by atoms with van der Waals surface area (Å²) in [4.78, 5) is 11.1. The molecule has 0 aliphatic heterocycles. The van der Waals surface area contributed by atoms with E-state index in [4.69, 9.17) is 11.6 Å². The lowest BCUT2D eigenvalue weighted by molar-refractivity contribution is -0.118. The number of rotatable bonds is 0. The average molecular weight is 199 g/mol. The predicted octanol–water partition coefficient (Wildman–Crippen LogP) is 2.54. The van der Waals surface area contributed by atoms with Crippen LogP contribution in [0.4, 0.5) is 4.39 Å². The van der Waals surface area contributed by atoms with E-state index in [1.807, 2.05) is 0 Å². The molecule has 0 unspecified atom stereocenters. The molecule has 2 rings (SSSR count). The molecule has 0 atom stereocenters. The Morgan fingerprint density at radius 3 is 2.85 bits per heavy atom. The maximum absolute atomic E-state index is 13.0. The standard InChI is InChI=1S/C10H8ClFO/c11-10-8-3-2-7(13)5-6(8)1-4-9(10)12/h1,4H,2-3,5H2. The third-order valence-electron chi connectivity index (χ3n) is 2.33. The first kappa shape index (κ1) is 8.70. The minimum Gasteiger partial charge on any atom is -0.299 e. The van der Waals surface area contributed by atoms with Crippen molar-refractivity contribution in [2.24, 2.45) is 0 Å². The van der Waals surface area contributed by atoms with Gasteiger partial charge in [0.25, 0.3) is 0 Å². The monoisotopic (exact) mass is 198 g/mol. The smallest absolute Gasteiger partial charge is 0.142 e. The Kier molecular flexibility index (Phi) is 2.08. The van der Waals surface area contributed by atoms with Gasteiger partial charge in [-0.1, -0.05) is 17.7 Å². The zero-order chi connectivity index (χ0) is 9.42. The normalized spacial score (nSPS) is 15.7. The third kappa shape index (κ3) is 1.46. The summed E-state index contributed by atoms with van der Waals surface area (Å²) in [6.45, 7) is 0. The third-order valence-corrected chi connectivity index (χ3v) is 2.74. The maximum Gasteiger partial charge on any atom is 0.142 e. The molecule has 1 aromatic rings. The van der Waals surface area contributed by atoms with Crippen LogP contribution in [-0.4, -0.2) is 5.78 Å². The Labute approximate surface area is 80.5 Å². The molecule has 0 saturated heterocycles. The fraction of sp³-hybridized carbons (Fsp3) is 0.300. The van der Waals surface area contributed by atoms with Crippen LogP contribution in [0.1, 0.15) is 17.5 Å². The van der Waals surface area contributed by atoms with Crippen molar-refractivity contribution in [2.75, 3.05) is 0 Å². The number of carbonyl (C=O) groups is 1. The molecule has 0 fully saturated rings. The highest BCUT2D eigenvalue weighted by atomic mass is 35.5. The van der Waals surface area contributed by atoms with Crippen molar-refractivity contribution < 1.29 is 9.18 Å². The van der Waals surface area contributed by atoms with Crippen LogP contribution in [0.3, 0.4) is 0 Å². The summed E-state index contributed by atoms with van der Waals surface area (Å²) >= 11 is 5.77. The highest BCUT2D eigenvalue weighted by Gasteiger charge is 2.19. The molecule has 0 heterocycles. The van der Waals surface area contributed by atoms with Crippen molar-refractivity contribution >= 4 is 17.4 Å². The van der Waals surface area contributed by atoms with Gasteiger partial charge in [-0.15, -0.1) is 0 Å². The Balaban J connectivity index is 2.53. The van der Waals surface area contributed by atoms with E-state index in [1.54, 1.807) is 6.07 Å². The van der Waals surface area contributed by atoms with Crippen molar-refractivity contribution in [2.45, 2.75) is 19.3 Å². The lowest BCUT2D eigenvalue weighted by atomic mass is 9.91. The Hall–Kier alpha value is -0.890. The minimum atomic E-state index is -0.394. The van der Waals surface area contributed by atoms with Crippen LogP contribution in [-0.2, 0) is 17.6 Å². The number of halogens is 2. The molecular formula is C10H8ClFO. The second-order valence-electron chi connectivity index (χ2n) is 3.21. The fourth-order valence-corrected chi connectivity index (χ4v) is 1.91. The van der Waals surface area contributed by atoms with Gasteiger partial charge < -0.3 is 0 Å². The summed E-state index contributed by atoms with van der Waals surface area (Å²) in [6.07, 6.45) is 1.45. The molecule has 1 nitrogen and oxygen atoms in total. The summed E-state index contributed by atoms with van der Waals surface area (Å²) in [7, 11) is 0. The van der Waals surface area contributed by atoms with Crippen molar-refractivity contribution in [1.29, 1.82) is 0 Å². The lowest BCUT2D eigenvalue weighted by Gasteiger charge is -2.15. The Bertz CT molecular complexity index is 373. The highest BCUT2D eigenvalue weighted by molar-refractivity contribution is 6.31. The zero-order valence-electron chi connectivity index (χ0n) is 6.94. The van der Waals surface area contributed by atoms with Crippen molar-refractivity contribution in [3.05, 3.63) is 34.1 Å². The molecule has 3 heteroatoms. The van der Waals surface area contributed by atoms with E-state index in [2.05, 4.69) is 0 Å². The number of hydrogen-bond acceptors (Lipinski definition) is 1. The summed E-state index contributed by atoms with van der Waals surface area (Å²) in [5, 5.41) is 0.185. The molecule has 0 saturated carbocycles. The van der Waals surface area contributed by atoms with Gasteiger partial charge in [0.05, 0.1) is 5.02 Å². The first-order valence-corrected chi connectivity index (χ1v) is 4.53. The molecule has 68 valence electrons. The molecule has 0 amide bonds. The van der Waals surface area contributed by atoms with Gasteiger partial charge in [0.15, 0.2) is 0 Å². The first-order valence-electron chi connectivity index (χ1n) is 4.16. The average Bonchev–Trinajstić information content (AvgIpc) is 2.12. The van der Waals surface area contributed by atoms with Gasteiger partial charge in [-0.2, -0.15) is 0 Å². The first-order chi connectivity index (χ1) is 6.18. The molecule has 0 N–H and O–H groups in total. The number of ketones is 1. The zero-order valence-corrected chi connectivity index (χ0v) is 7.70. The SMILES string of the molecule is O=C1CCc2c(ccc(F)c2Cl)C1. The van der Waals surface area contributed by atoms with E-state index in [9.17, 15) is 9.18 Å². The highest BCUT2D eigenvalue weighted by Crippen LogP contribution is 2.28. The molecular weight excluding hydrogens is 191 g/mol. The van der Waals surface area contributed by atoms with Crippen LogP contribution >= 0.6 is 11.6 Å². The van der Waals surface area contributed by atoms with Crippen LogP contribution in [0, 0.1) is 5.82 Å². The van der Waals surface area contributed by atoms with Gasteiger partial charge in [0.1, 0.15) is 11.6 Å². The van der Waals surface area contributed by atoms with Crippen molar-refractivity contribution in [3.8, 4) is 0 Å². The lowest BCUT2D eigenvalue weighted by Crippen LogP contribution is -2.13. The second-order valence-corrected chi connectivity index (χ2v) is 3.59. The molecule has 0 bridgehead atoms. The van der Waals surface area contributed by atoms with Crippen molar-refractivity contribution in [3.63, 3.8) is 0 Å². The summed E-state index contributed by atoms with van der Waals surface area (Å²) in [6, 6.07) is 2.97. The van der Waals surface area contributed by atoms with E-state index >= 15 is 0 Å².